The largest absolute Gasteiger partial charge is 0.449 e. The van der Waals surface area contributed by atoms with Gasteiger partial charge in [0.05, 0.1) is 18.6 Å². The van der Waals surface area contributed by atoms with Crippen molar-refractivity contribution >= 4 is 29.5 Å². The average molecular weight is 463 g/mol. The summed E-state index contributed by atoms with van der Waals surface area (Å²) >= 11 is 0. The normalized spacial score (nSPS) is 24.1. The number of carbonyl (C=O) groups is 4. The predicted octanol–water partition coefficient (Wildman–Crippen LogP) is 2.90. The van der Waals surface area contributed by atoms with Crippen LogP contribution >= 0.6 is 0 Å². The number of anilines is 1. The molecule has 2 atom stereocenters. The number of amides is 4. The molecular weight excluding hydrogens is 436 g/mol. The minimum absolute atomic E-state index is 0.00548. The van der Waals surface area contributed by atoms with Crippen LogP contribution in [0, 0.1) is 17.6 Å². The van der Waals surface area contributed by atoms with Crippen molar-refractivity contribution in [1.82, 2.24) is 10.6 Å². The molecule has 4 amide bonds. The quantitative estimate of drug-likeness (QED) is 0.654. The Bertz CT molecular complexity index is 940. The Morgan fingerprint density at radius 3 is 2.45 bits per heavy atom. The van der Waals surface area contributed by atoms with Crippen LogP contribution in [0.4, 0.5) is 19.3 Å². The molecule has 2 N–H and O–H groups in total. The van der Waals surface area contributed by atoms with Crippen LogP contribution in [0.15, 0.2) is 12.1 Å². The van der Waals surface area contributed by atoms with Gasteiger partial charge in [-0.1, -0.05) is 19.3 Å². The third kappa shape index (κ3) is 5.31. The van der Waals surface area contributed by atoms with Gasteiger partial charge in [0.2, 0.25) is 17.7 Å². The van der Waals surface area contributed by atoms with E-state index in [0.717, 1.165) is 37.8 Å². The second-order valence-corrected chi connectivity index (χ2v) is 8.98. The van der Waals surface area contributed by atoms with Crippen LogP contribution in [0.25, 0.3) is 0 Å². The molecular formula is C23H27F2N3O5. The number of hydrogen-bond acceptors (Lipinski definition) is 5. The number of piperidine rings is 1. The summed E-state index contributed by atoms with van der Waals surface area (Å²) in [6.45, 7) is 0.391. The van der Waals surface area contributed by atoms with Gasteiger partial charge >= 0.3 is 6.09 Å². The number of nitrogens with one attached hydrogen (secondary N) is 2. The highest BCUT2D eigenvalue weighted by Crippen LogP contribution is 2.33. The third-order valence-electron chi connectivity index (χ3n) is 6.59. The molecule has 3 aliphatic rings. The summed E-state index contributed by atoms with van der Waals surface area (Å²) < 4.78 is 34.9. The van der Waals surface area contributed by atoms with Gasteiger partial charge in [-0.05, 0) is 37.3 Å². The first-order chi connectivity index (χ1) is 15.8. The van der Waals surface area contributed by atoms with Gasteiger partial charge in [-0.15, -0.1) is 0 Å². The molecule has 2 aliphatic heterocycles. The van der Waals surface area contributed by atoms with Crippen molar-refractivity contribution in [3.8, 4) is 0 Å². The van der Waals surface area contributed by atoms with Crippen molar-refractivity contribution in [1.29, 1.82) is 0 Å². The lowest BCUT2D eigenvalue weighted by Gasteiger charge is -2.24. The first-order valence-electron chi connectivity index (χ1n) is 11.4. The van der Waals surface area contributed by atoms with E-state index in [1.54, 1.807) is 0 Å². The highest BCUT2D eigenvalue weighted by atomic mass is 19.1. The van der Waals surface area contributed by atoms with E-state index in [1.165, 1.54) is 11.3 Å². The number of halogens is 2. The van der Waals surface area contributed by atoms with Crippen molar-refractivity contribution in [2.24, 2.45) is 5.92 Å². The summed E-state index contributed by atoms with van der Waals surface area (Å²) in [5.41, 5.74) is -0.415. The standard InChI is InChI=1S/C23H27F2N3O5/c24-17-9-15(10-18(25)21(17)16-6-7-19(29)27-22(16)31)28-11-14(8-20(28)30)26-23(32)33-12-13-4-2-1-3-5-13/h9-10,13-14,16H,1-8,11-12H2,(H,26,32)(H,27,29,31)/t14-,16?/m1/s1. The number of rotatable bonds is 5. The number of imide groups is 1. The lowest BCUT2D eigenvalue weighted by Crippen LogP contribution is -2.40. The van der Waals surface area contributed by atoms with Crippen LogP contribution in [0.2, 0.25) is 0 Å². The fourth-order valence-corrected chi connectivity index (χ4v) is 4.84. The molecule has 4 rings (SSSR count). The zero-order valence-electron chi connectivity index (χ0n) is 18.2. The van der Waals surface area contributed by atoms with E-state index >= 15 is 0 Å². The van der Waals surface area contributed by atoms with E-state index in [0.29, 0.717) is 12.5 Å². The molecule has 0 aromatic heterocycles. The Kier molecular flexibility index (Phi) is 6.90. The molecule has 3 fully saturated rings. The lowest BCUT2D eigenvalue weighted by atomic mass is 9.89. The molecule has 10 heteroatoms. The topological polar surface area (TPSA) is 105 Å². The van der Waals surface area contributed by atoms with Crippen LogP contribution in [0.3, 0.4) is 0 Å². The van der Waals surface area contributed by atoms with E-state index in [9.17, 15) is 28.0 Å². The zero-order valence-corrected chi connectivity index (χ0v) is 18.2. The Balaban J connectivity index is 1.38. The fourth-order valence-electron chi connectivity index (χ4n) is 4.84. The molecule has 1 aromatic carbocycles. The number of hydrogen-bond donors (Lipinski definition) is 2. The minimum Gasteiger partial charge on any atom is -0.449 e. The van der Waals surface area contributed by atoms with Gasteiger partial charge in [-0.25, -0.2) is 13.6 Å². The second kappa shape index (κ2) is 9.84. The fraction of sp³-hybridized carbons (Fsp3) is 0.565. The molecule has 0 bridgehead atoms. The number of carbonyl (C=O) groups excluding carboxylic acids is 4. The number of nitrogens with zero attached hydrogens (tertiary/aromatic N) is 1. The Morgan fingerprint density at radius 1 is 1.09 bits per heavy atom. The van der Waals surface area contributed by atoms with Crippen molar-refractivity contribution < 1.29 is 32.7 Å². The van der Waals surface area contributed by atoms with Crippen LogP contribution in [0.5, 0.6) is 0 Å². The summed E-state index contributed by atoms with van der Waals surface area (Å²) in [4.78, 5) is 49.1. The molecule has 2 saturated heterocycles. The van der Waals surface area contributed by atoms with Crippen molar-refractivity contribution in [3.05, 3.63) is 29.3 Å². The highest BCUT2D eigenvalue weighted by Gasteiger charge is 2.36. The smallest absolute Gasteiger partial charge is 0.407 e. The average Bonchev–Trinajstić information content (AvgIpc) is 3.13. The SMILES string of the molecule is O=C1CCC(c2c(F)cc(N3C[C@H](NC(=O)OCC4CCCCC4)CC3=O)cc2F)C(=O)N1. The van der Waals surface area contributed by atoms with Crippen molar-refractivity contribution in [2.75, 3.05) is 18.1 Å². The molecule has 1 unspecified atom stereocenters. The van der Waals surface area contributed by atoms with E-state index in [2.05, 4.69) is 10.6 Å². The molecule has 0 radical (unpaired) electrons. The van der Waals surface area contributed by atoms with Gasteiger partial charge in [0, 0.05) is 30.6 Å². The Hall–Kier alpha value is -3.04. The maximum absolute atomic E-state index is 14.8. The molecule has 1 saturated carbocycles. The Morgan fingerprint density at radius 2 is 1.79 bits per heavy atom. The van der Waals surface area contributed by atoms with Gasteiger partial charge in [-0.3, -0.25) is 19.7 Å². The van der Waals surface area contributed by atoms with Crippen LogP contribution in [-0.2, 0) is 19.1 Å². The van der Waals surface area contributed by atoms with Gasteiger partial charge in [0.15, 0.2) is 0 Å². The summed E-state index contributed by atoms with van der Waals surface area (Å²) in [7, 11) is 0. The van der Waals surface area contributed by atoms with E-state index in [4.69, 9.17) is 4.74 Å². The van der Waals surface area contributed by atoms with Crippen LogP contribution in [0.1, 0.15) is 62.8 Å². The van der Waals surface area contributed by atoms with Crippen molar-refractivity contribution in [3.63, 3.8) is 0 Å². The minimum atomic E-state index is -1.11. The first-order valence-corrected chi connectivity index (χ1v) is 11.4. The molecule has 2 heterocycles. The van der Waals surface area contributed by atoms with Crippen LogP contribution < -0.4 is 15.5 Å². The van der Waals surface area contributed by atoms with E-state index < -0.39 is 47.1 Å². The first kappa shape index (κ1) is 23.1. The maximum atomic E-state index is 14.8. The van der Waals surface area contributed by atoms with E-state index in [1.807, 2.05) is 0 Å². The zero-order chi connectivity index (χ0) is 23.5. The van der Waals surface area contributed by atoms with Gasteiger partial charge in [0.25, 0.3) is 0 Å². The third-order valence-corrected chi connectivity index (χ3v) is 6.59. The second-order valence-electron chi connectivity index (χ2n) is 8.98. The van der Waals surface area contributed by atoms with Gasteiger partial charge < -0.3 is 15.0 Å². The van der Waals surface area contributed by atoms with Gasteiger partial charge in [0.1, 0.15) is 11.6 Å². The molecule has 8 nitrogen and oxygen atoms in total. The summed E-state index contributed by atoms with van der Waals surface area (Å²) in [6.07, 6.45) is 4.93. The predicted molar refractivity (Wildman–Crippen MR) is 113 cm³/mol. The van der Waals surface area contributed by atoms with Crippen molar-refractivity contribution in [2.45, 2.75) is 63.3 Å². The van der Waals surface area contributed by atoms with Gasteiger partial charge in [-0.2, -0.15) is 0 Å². The molecule has 1 aromatic rings. The number of ether oxygens (including phenoxy) is 1. The van der Waals surface area contributed by atoms with Crippen LogP contribution in [-0.4, -0.2) is 43.0 Å². The summed E-state index contributed by atoms with van der Waals surface area (Å²) in [5.74, 6) is -4.29. The highest BCUT2D eigenvalue weighted by molar-refractivity contribution is 6.01. The number of benzene rings is 1. The molecule has 178 valence electrons. The Labute approximate surface area is 190 Å². The molecule has 0 spiro atoms. The maximum Gasteiger partial charge on any atom is 0.407 e. The monoisotopic (exact) mass is 463 g/mol. The lowest BCUT2D eigenvalue weighted by molar-refractivity contribution is -0.134. The molecule has 33 heavy (non-hydrogen) atoms. The summed E-state index contributed by atoms with van der Waals surface area (Å²) in [6, 6.07) is 1.46. The summed E-state index contributed by atoms with van der Waals surface area (Å²) in [5, 5.41) is 4.74. The van der Waals surface area contributed by atoms with E-state index in [-0.39, 0.29) is 37.4 Å². The molecule has 1 aliphatic carbocycles. The number of alkyl carbamates (subject to hydrolysis) is 1.